The summed E-state index contributed by atoms with van der Waals surface area (Å²) in [5, 5.41) is 13.3. The first-order valence-electron chi connectivity index (χ1n) is 8.26. The molecule has 2 heterocycles. The summed E-state index contributed by atoms with van der Waals surface area (Å²) in [6.07, 6.45) is 0.662. The summed E-state index contributed by atoms with van der Waals surface area (Å²) in [6, 6.07) is 7.01. The van der Waals surface area contributed by atoms with Gasteiger partial charge in [0.05, 0.1) is 29.7 Å². The van der Waals surface area contributed by atoms with E-state index in [4.69, 9.17) is 4.74 Å². The van der Waals surface area contributed by atoms with E-state index in [0.717, 1.165) is 22.2 Å². The number of urea groups is 1. The Morgan fingerprint density at radius 3 is 2.73 bits per heavy atom. The lowest BCUT2D eigenvalue weighted by Crippen LogP contribution is -2.31. The fourth-order valence-electron chi connectivity index (χ4n) is 2.74. The third-order valence-electron chi connectivity index (χ3n) is 4.07. The average molecular weight is 357 g/mol. The minimum atomic E-state index is -0.401. The van der Waals surface area contributed by atoms with E-state index in [0.29, 0.717) is 18.1 Å². The largest absolute Gasteiger partial charge is 0.479 e. The van der Waals surface area contributed by atoms with E-state index in [1.807, 2.05) is 13.8 Å². The Kier molecular flexibility index (Phi) is 5.01. The lowest BCUT2D eigenvalue weighted by molar-refractivity contribution is 0.249. The van der Waals surface area contributed by atoms with Crippen LogP contribution in [0.1, 0.15) is 31.1 Å². The fraction of sp³-hybridized carbons (Fsp3) is 0.278. The number of hydrogen-bond acceptors (Lipinski definition) is 4. The molecular formula is C18H20FN5O2. The molecule has 0 aliphatic rings. The molecule has 1 aromatic carbocycles. The number of nitrogens with zero attached hydrogens (tertiary/aromatic N) is 2. The predicted octanol–water partition coefficient (Wildman–Crippen LogP) is 3.55. The number of aryl methyl sites for hydroxylation is 1. The number of ether oxygens (including phenoxy) is 1. The molecule has 8 heteroatoms. The maximum absolute atomic E-state index is 13.0. The molecular weight excluding hydrogens is 337 g/mol. The van der Waals surface area contributed by atoms with Crippen molar-refractivity contribution in [1.29, 1.82) is 0 Å². The molecule has 2 amide bonds. The number of aromatic nitrogens is 3. The monoisotopic (exact) mass is 357 g/mol. The summed E-state index contributed by atoms with van der Waals surface area (Å²) in [5.41, 5.74) is 2.31. The molecule has 3 rings (SSSR count). The first kappa shape index (κ1) is 17.7. The van der Waals surface area contributed by atoms with Gasteiger partial charge in [-0.05, 0) is 31.0 Å². The van der Waals surface area contributed by atoms with Crippen LogP contribution in [0.4, 0.5) is 15.0 Å². The highest BCUT2D eigenvalue weighted by Crippen LogP contribution is 2.27. The number of benzene rings is 1. The van der Waals surface area contributed by atoms with Crippen LogP contribution in [0.2, 0.25) is 0 Å². The van der Waals surface area contributed by atoms with Gasteiger partial charge in [-0.1, -0.05) is 19.1 Å². The van der Waals surface area contributed by atoms with Crippen LogP contribution in [0, 0.1) is 5.82 Å². The number of carbonyl (C=O) groups is 1. The van der Waals surface area contributed by atoms with Gasteiger partial charge in [0.25, 0.3) is 0 Å². The molecule has 7 nitrogen and oxygen atoms in total. The van der Waals surface area contributed by atoms with E-state index in [1.54, 1.807) is 25.3 Å². The number of H-pyrrole nitrogens is 1. The third kappa shape index (κ3) is 3.58. The summed E-state index contributed by atoms with van der Waals surface area (Å²) < 4.78 is 18.2. The molecule has 3 aromatic rings. The maximum atomic E-state index is 13.0. The molecule has 2 aromatic heterocycles. The van der Waals surface area contributed by atoms with Crippen molar-refractivity contribution in [3.05, 3.63) is 47.4 Å². The SMILES string of the molecule is CCc1nc(NC(=O)NC(C)c2ccc(F)cc2)cc2[nH]nc(OC)c12. The van der Waals surface area contributed by atoms with Crippen molar-refractivity contribution in [1.82, 2.24) is 20.5 Å². The summed E-state index contributed by atoms with van der Waals surface area (Å²) in [7, 11) is 1.55. The Labute approximate surface area is 150 Å². The van der Waals surface area contributed by atoms with Gasteiger partial charge in [-0.2, -0.15) is 0 Å². The molecule has 0 radical (unpaired) electrons. The summed E-state index contributed by atoms with van der Waals surface area (Å²) in [4.78, 5) is 16.7. The van der Waals surface area contributed by atoms with Crippen molar-refractivity contribution < 1.29 is 13.9 Å². The fourth-order valence-corrected chi connectivity index (χ4v) is 2.74. The predicted molar refractivity (Wildman–Crippen MR) is 96.8 cm³/mol. The minimum Gasteiger partial charge on any atom is -0.479 e. The number of anilines is 1. The van der Waals surface area contributed by atoms with Crippen LogP contribution in [-0.2, 0) is 6.42 Å². The second-order valence-electron chi connectivity index (χ2n) is 5.83. The van der Waals surface area contributed by atoms with Crippen LogP contribution in [0.3, 0.4) is 0 Å². The number of halogens is 1. The highest BCUT2D eigenvalue weighted by Gasteiger charge is 2.15. The van der Waals surface area contributed by atoms with Gasteiger partial charge < -0.3 is 10.1 Å². The molecule has 0 aliphatic carbocycles. The van der Waals surface area contributed by atoms with Crippen LogP contribution in [0.5, 0.6) is 5.88 Å². The maximum Gasteiger partial charge on any atom is 0.320 e. The number of methoxy groups -OCH3 is 1. The smallest absolute Gasteiger partial charge is 0.320 e. The van der Waals surface area contributed by atoms with Crippen LogP contribution in [-0.4, -0.2) is 28.3 Å². The number of pyridine rings is 1. The zero-order valence-electron chi connectivity index (χ0n) is 14.8. The molecule has 1 unspecified atom stereocenters. The van der Waals surface area contributed by atoms with Gasteiger partial charge in [-0.15, -0.1) is 5.10 Å². The number of amides is 2. The molecule has 26 heavy (non-hydrogen) atoms. The Bertz CT molecular complexity index is 923. The number of nitrogens with one attached hydrogen (secondary N) is 3. The molecule has 3 N–H and O–H groups in total. The lowest BCUT2D eigenvalue weighted by Gasteiger charge is -2.15. The van der Waals surface area contributed by atoms with E-state index in [1.165, 1.54) is 12.1 Å². The molecule has 0 fully saturated rings. The minimum absolute atomic E-state index is 0.280. The normalized spacial score (nSPS) is 12.0. The van der Waals surface area contributed by atoms with Crippen molar-refractivity contribution in [2.24, 2.45) is 0 Å². The number of aromatic amines is 1. The summed E-state index contributed by atoms with van der Waals surface area (Å²) >= 11 is 0. The molecule has 136 valence electrons. The number of fused-ring (bicyclic) bond motifs is 1. The molecule has 0 aliphatic heterocycles. The number of carbonyl (C=O) groups excluding carboxylic acids is 1. The van der Waals surface area contributed by atoms with E-state index in [9.17, 15) is 9.18 Å². The second-order valence-corrected chi connectivity index (χ2v) is 5.83. The van der Waals surface area contributed by atoms with Crippen LogP contribution in [0.25, 0.3) is 10.9 Å². The summed E-state index contributed by atoms with van der Waals surface area (Å²) in [5.74, 6) is 0.569. The molecule has 0 saturated carbocycles. The highest BCUT2D eigenvalue weighted by molar-refractivity contribution is 5.93. The zero-order chi connectivity index (χ0) is 18.7. The standard InChI is InChI=1S/C18H20FN5O2/c1-4-13-16-14(23-24-17(16)26-3)9-15(21-13)22-18(25)20-10(2)11-5-7-12(19)8-6-11/h5-10H,4H2,1-3H3,(H,23,24)(H2,20,21,22,25). The number of hydrogen-bond donors (Lipinski definition) is 3. The zero-order valence-corrected chi connectivity index (χ0v) is 14.8. The van der Waals surface area contributed by atoms with Gasteiger partial charge in [0, 0.05) is 6.07 Å². The van der Waals surface area contributed by atoms with Crippen molar-refractivity contribution in [3.63, 3.8) is 0 Å². The van der Waals surface area contributed by atoms with Crippen LogP contribution < -0.4 is 15.4 Å². The van der Waals surface area contributed by atoms with E-state index >= 15 is 0 Å². The van der Waals surface area contributed by atoms with Crippen molar-refractivity contribution in [3.8, 4) is 5.88 Å². The van der Waals surface area contributed by atoms with Gasteiger partial charge in [-0.25, -0.2) is 14.2 Å². The van der Waals surface area contributed by atoms with Gasteiger partial charge in [0.1, 0.15) is 11.6 Å². The molecule has 0 spiro atoms. The van der Waals surface area contributed by atoms with Crippen LogP contribution >= 0.6 is 0 Å². The van der Waals surface area contributed by atoms with Gasteiger partial charge in [0.15, 0.2) is 0 Å². The molecule has 0 bridgehead atoms. The molecule has 1 atom stereocenters. The van der Waals surface area contributed by atoms with E-state index in [-0.39, 0.29) is 11.9 Å². The molecule has 0 saturated heterocycles. The third-order valence-corrected chi connectivity index (χ3v) is 4.07. The Balaban J connectivity index is 1.75. The van der Waals surface area contributed by atoms with Gasteiger partial charge in [-0.3, -0.25) is 10.4 Å². The van der Waals surface area contributed by atoms with Gasteiger partial charge in [0.2, 0.25) is 5.88 Å². The van der Waals surface area contributed by atoms with Crippen molar-refractivity contribution >= 4 is 22.8 Å². The summed E-state index contributed by atoms with van der Waals surface area (Å²) in [6.45, 7) is 3.79. The lowest BCUT2D eigenvalue weighted by atomic mass is 10.1. The van der Waals surface area contributed by atoms with Crippen molar-refractivity contribution in [2.75, 3.05) is 12.4 Å². The highest BCUT2D eigenvalue weighted by atomic mass is 19.1. The van der Waals surface area contributed by atoms with Crippen molar-refractivity contribution in [2.45, 2.75) is 26.3 Å². The Morgan fingerprint density at radius 2 is 2.08 bits per heavy atom. The Hall–Kier alpha value is -3.16. The van der Waals surface area contributed by atoms with Gasteiger partial charge >= 0.3 is 6.03 Å². The van der Waals surface area contributed by atoms with E-state index < -0.39 is 6.03 Å². The quantitative estimate of drug-likeness (QED) is 0.651. The first-order valence-corrected chi connectivity index (χ1v) is 8.26. The topological polar surface area (TPSA) is 91.9 Å². The first-order chi connectivity index (χ1) is 12.5. The number of rotatable bonds is 5. The Morgan fingerprint density at radius 1 is 1.35 bits per heavy atom. The second kappa shape index (κ2) is 7.38. The van der Waals surface area contributed by atoms with Crippen LogP contribution in [0.15, 0.2) is 30.3 Å². The van der Waals surface area contributed by atoms with E-state index in [2.05, 4.69) is 25.8 Å². The average Bonchev–Trinajstić information content (AvgIpc) is 3.04.